The van der Waals surface area contributed by atoms with Crippen LogP contribution in [0.5, 0.6) is 0 Å². The zero-order valence-corrected chi connectivity index (χ0v) is 15.7. The molecule has 0 fully saturated rings. The van der Waals surface area contributed by atoms with Crippen LogP contribution in [0.1, 0.15) is 20.8 Å². The van der Waals surface area contributed by atoms with E-state index >= 15 is 0 Å². The fraction of sp³-hybridized carbons (Fsp3) is 0. The Kier molecular flexibility index (Phi) is 5.08. The molecule has 0 saturated carbocycles. The van der Waals surface area contributed by atoms with Crippen LogP contribution >= 0.6 is 11.6 Å². The van der Waals surface area contributed by atoms with Crippen molar-refractivity contribution in [3.63, 3.8) is 0 Å². The molecule has 0 aliphatic rings. The number of carbonyl (C=O) groups excluding carboxylic acids is 2. The molecule has 3 N–H and O–H groups in total. The van der Waals surface area contributed by atoms with E-state index < -0.39 is 11.8 Å². The van der Waals surface area contributed by atoms with Crippen molar-refractivity contribution in [2.75, 3.05) is 0 Å². The van der Waals surface area contributed by atoms with Gasteiger partial charge in [-0.2, -0.15) is 10.2 Å². The van der Waals surface area contributed by atoms with E-state index in [1.54, 1.807) is 36.5 Å². The minimum Gasteiger partial charge on any atom is -0.272 e. The van der Waals surface area contributed by atoms with E-state index in [0.29, 0.717) is 10.7 Å². The number of H-pyrrole nitrogens is 1. The highest BCUT2D eigenvalue weighted by Gasteiger charge is 2.14. The molecule has 4 aromatic rings. The van der Waals surface area contributed by atoms with E-state index in [2.05, 4.69) is 26.1 Å². The second kappa shape index (κ2) is 7.99. The number of nitrogens with one attached hydrogen (secondary N) is 3. The summed E-state index contributed by atoms with van der Waals surface area (Å²) in [5, 5.41) is 11.5. The first kappa shape index (κ1) is 18.5. The van der Waals surface area contributed by atoms with Crippen LogP contribution in [0.2, 0.25) is 5.02 Å². The number of hydrogen-bond donors (Lipinski definition) is 3. The third-order valence-electron chi connectivity index (χ3n) is 4.12. The zero-order chi connectivity index (χ0) is 20.2. The highest BCUT2D eigenvalue weighted by molar-refractivity contribution is 6.30. The first-order valence-electron chi connectivity index (χ1n) is 8.62. The lowest BCUT2D eigenvalue weighted by molar-refractivity contribution is 0.0844. The van der Waals surface area contributed by atoms with Gasteiger partial charge in [0.25, 0.3) is 11.8 Å². The monoisotopic (exact) mass is 406 g/mol. The molecule has 0 saturated heterocycles. The maximum absolute atomic E-state index is 12.3. The van der Waals surface area contributed by atoms with E-state index in [-0.39, 0.29) is 11.3 Å². The molecule has 144 valence electrons. The van der Waals surface area contributed by atoms with Crippen molar-refractivity contribution in [1.29, 1.82) is 0 Å². The summed E-state index contributed by atoms with van der Waals surface area (Å²) in [6.45, 7) is 0. The van der Waals surface area contributed by atoms with Crippen LogP contribution in [0.25, 0.3) is 16.9 Å². The van der Waals surface area contributed by atoms with Gasteiger partial charge in [-0.1, -0.05) is 41.9 Å². The Labute approximate surface area is 170 Å². The summed E-state index contributed by atoms with van der Waals surface area (Å²) in [6, 6.07) is 18.1. The molecule has 4 rings (SSSR count). The Morgan fingerprint density at radius 1 is 0.966 bits per heavy atom. The van der Waals surface area contributed by atoms with Crippen LogP contribution in [-0.2, 0) is 0 Å². The smallest absolute Gasteiger partial charge is 0.272 e. The number of aromatic amines is 1. The van der Waals surface area contributed by atoms with Gasteiger partial charge < -0.3 is 0 Å². The van der Waals surface area contributed by atoms with Crippen molar-refractivity contribution in [2.24, 2.45) is 0 Å². The third kappa shape index (κ3) is 4.17. The maximum atomic E-state index is 12.3. The predicted molar refractivity (Wildman–Crippen MR) is 108 cm³/mol. The van der Waals surface area contributed by atoms with E-state index in [1.807, 2.05) is 30.3 Å². The van der Waals surface area contributed by atoms with Gasteiger partial charge in [0.2, 0.25) is 0 Å². The highest BCUT2D eigenvalue weighted by atomic mass is 35.5. The summed E-state index contributed by atoms with van der Waals surface area (Å²) in [7, 11) is 0. The van der Waals surface area contributed by atoms with Gasteiger partial charge in [0.05, 0.1) is 23.1 Å². The number of amides is 2. The number of rotatable bonds is 4. The first-order valence-corrected chi connectivity index (χ1v) is 9.00. The van der Waals surface area contributed by atoms with Crippen molar-refractivity contribution in [3.8, 4) is 16.9 Å². The number of benzene rings is 2. The second-order valence-corrected chi connectivity index (χ2v) is 6.53. The average molecular weight is 407 g/mol. The first-order chi connectivity index (χ1) is 14.1. The fourth-order valence-corrected chi connectivity index (χ4v) is 2.75. The number of hydrazine groups is 1. The SMILES string of the molecule is O=C(NNC(=O)c1cc(-c2ccccc2)n[nH]1)c1cnn(-c2ccc(Cl)cc2)c1. The van der Waals surface area contributed by atoms with Crippen molar-refractivity contribution in [2.45, 2.75) is 0 Å². The minimum atomic E-state index is -0.516. The molecule has 2 heterocycles. The zero-order valence-electron chi connectivity index (χ0n) is 15.0. The van der Waals surface area contributed by atoms with E-state index in [9.17, 15) is 9.59 Å². The van der Waals surface area contributed by atoms with Gasteiger partial charge in [0.15, 0.2) is 0 Å². The average Bonchev–Trinajstić information content (AvgIpc) is 3.43. The van der Waals surface area contributed by atoms with Gasteiger partial charge in [-0.15, -0.1) is 0 Å². The van der Waals surface area contributed by atoms with Crippen molar-refractivity contribution < 1.29 is 9.59 Å². The lowest BCUT2D eigenvalue weighted by Crippen LogP contribution is -2.41. The van der Waals surface area contributed by atoms with Crippen LogP contribution in [-0.4, -0.2) is 31.8 Å². The standard InChI is InChI=1S/C20H15ClN6O2/c21-15-6-8-16(9-7-15)27-12-14(11-22-27)19(28)25-26-20(29)18-10-17(23-24-18)13-4-2-1-3-5-13/h1-12H,(H,23,24)(H,25,28)(H,26,29). The van der Waals surface area contributed by atoms with Gasteiger partial charge >= 0.3 is 0 Å². The largest absolute Gasteiger partial charge is 0.287 e. The Morgan fingerprint density at radius 3 is 2.45 bits per heavy atom. The predicted octanol–water partition coefficient (Wildman–Crippen LogP) is 2.99. The number of aromatic nitrogens is 4. The molecule has 0 bridgehead atoms. The highest BCUT2D eigenvalue weighted by Crippen LogP contribution is 2.17. The molecule has 0 atom stereocenters. The Balaban J connectivity index is 1.38. The molecule has 9 heteroatoms. The maximum Gasteiger partial charge on any atom is 0.287 e. The molecule has 0 aliphatic carbocycles. The molecule has 2 aromatic carbocycles. The molecule has 2 aromatic heterocycles. The van der Waals surface area contributed by atoms with Crippen molar-refractivity contribution in [1.82, 2.24) is 30.8 Å². The summed E-state index contributed by atoms with van der Waals surface area (Å²) >= 11 is 5.87. The quantitative estimate of drug-likeness (QED) is 0.453. The number of nitrogens with zero attached hydrogens (tertiary/aromatic N) is 3. The van der Waals surface area contributed by atoms with Crippen LogP contribution in [0.3, 0.4) is 0 Å². The van der Waals surface area contributed by atoms with Gasteiger partial charge in [-0.3, -0.25) is 25.5 Å². The van der Waals surface area contributed by atoms with Gasteiger partial charge in [0.1, 0.15) is 5.69 Å². The van der Waals surface area contributed by atoms with Gasteiger partial charge in [0, 0.05) is 16.8 Å². The van der Waals surface area contributed by atoms with Gasteiger partial charge in [-0.25, -0.2) is 4.68 Å². The lowest BCUT2D eigenvalue weighted by atomic mass is 10.1. The van der Waals surface area contributed by atoms with E-state index in [1.165, 1.54) is 10.9 Å². The summed E-state index contributed by atoms with van der Waals surface area (Å²) in [5.74, 6) is -1.01. The molecule has 0 unspecified atom stereocenters. The Bertz CT molecular complexity index is 1150. The molecular weight excluding hydrogens is 392 g/mol. The molecule has 8 nitrogen and oxygen atoms in total. The van der Waals surface area contributed by atoms with Crippen molar-refractivity contribution in [3.05, 3.63) is 89.3 Å². The van der Waals surface area contributed by atoms with Crippen LogP contribution in [0, 0.1) is 0 Å². The van der Waals surface area contributed by atoms with Crippen LogP contribution in [0.4, 0.5) is 0 Å². The lowest BCUT2D eigenvalue weighted by Gasteiger charge is -2.04. The molecule has 0 radical (unpaired) electrons. The molecule has 29 heavy (non-hydrogen) atoms. The molecule has 0 aliphatic heterocycles. The summed E-state index contributed by atoms with van der Waals surface area (Å²) < 4.78 is 1.54. The Morgan fingerprint density at radius 2 is 1.69 bits per heavy atom. The molecule has 0 spiro atoms. The molecule has 2 amide bonds. The van der Waals surface area contributed by atoms with Gasteiger partial charge in [-0.05, 0) is 30.3 Å². The van der Waals surface area contributed by atoms with Crippen LogP contribution in [0.15, 0.2) is 73.1 Å². The van der Waals surface area contributed by atoms with E-state index in [0.717, 1.165) is 11.3 Å². The number of carbonyl (C=O) groups is 2. The summed E-state index contributed by atoms with van der Waals surface area (Å²) in [5.41, 5.74) is 7.48. The minimum absolute atomic E-state index is 0.223. The normalized spacial score (nSPS) is 10.5. The number of halogens is 1. The second-order valence-electron chi connectivity index (χ2n) is 6.09. The summed E-state index contributed by atoms with van der Waals surface area (Å²) in [4.78, 5) is 24.5. The Hall–Kier alpha value is -3.91. The topological polar surface area (TPSA) is 105 Å². The number of hydrogen-bond acceptors (Lipinski definition) is 4. The third-order valence-corrected chi connectivity index (χ3v) is 4.37. The summed E-state index contributed by atoms with van der Waals surface area (Å²) in [6.07, 6.45) is 2.95. The molecular formula is C20H15ClN6O2. The van der Waals surface area contributed by atoms with Crippen molar-refractivity contribution >= 4 is 23.4 Å². The fourth-order valence-electron chi connectivity index (χ4n) is 2.62. The van der Waals surface area contributed by atoms with Crippen LogP contribution < -0.4 is 10.9 Å². The van der Waals surface area contributed by atoms with E-state index in [4.69, 9.17) is 11.6 Å².